The van der Waals surface area contributed by atoms with E-state index in [1.54, 1.807) is 12.1 Å². The molecule has 1 aromatic rings. The Morgan fingerprint density at radius 2 is 2.33 bits per heavy atom. The van der Waals surface area contributed by atoms with Gasteiger partial charge in [0.25, 0.3) is 0 Å². The van der Waals surface area contributed by atoms with E-state index in [1.165, 1.54) is 12.1 Å². The largest absolute Gasteiger partial charge is 0.338 e. The lowest BCUT2D eigenvalue weighted by molar-refractivity contribution is -0.131. The SMILES string of the molecule is CC1CCN(C(=O)Cc2cccc(F)c2)C1CN. The van der Waals surface area contributed by atoms with Gasteiger partial charge in [0.15, 0.2) is 0 Å². The van der Waals surface area contributed by atoms with Crippen LogP contribution in [0.3, 0.4) is 0 Å². The summed E-state index contributed by atoms with van der Waals surface area (Å²) < 4.78 is 13.1. The maximum Gasteiger partial charge on any atom is 0.227 e. The minimum Gasteiger partial charge on any atom is -0.338 e. The molecule has 2 N–H and O–H groups in total. The number of amides is 1. The molecule has 2 atom stereocenters. The Bertz CT molecular complexity index is 436. The Balaban J connectivity index is 2.04. The first kappa shape index (κ1) is 13.0. The van der Waals surface area contributed by atoms with E-state index in [4.69, 9.17) is 5.73 Å². The molecule has 0 aromatic heterocycles. The highest BCUT2D eigenvalue weighted by atomic mass is 19.1. The number of carbonyl (C=O) groups is 1. The molecular weight excluding hydrogens is 231 g/mol. The molecule has 1 aliphatic heterocycles. The van der Waals surface area contributed by atoms with Crippen LogP contribution in [0.4, 0.5) is 4.39 Å². The number of benzene rings is 1. The van der Waals surface area contributed by atoms with Crippen molar-refractivity contribution in [1.82, 2.24) is 4.90 Å². The van der Waals surface area contributed by atoms with E-state index in [-0.39, 0.29) is 24.2 Å². The van der Waals surface area contributed by atoms with Crippen LogP contribution >= 0.6 is 0 Å². The van der Waals surface area contributed by atoms with Crippen molar-refractivity contribution in [2.75, 3.05) is 13.1 Å². The lowest BCUT2D eigenvalue weighted by Gasteiger charge is -2.25. The molecule has 1 saturated heterocycles. The van der Waals surface area contributed by atoms with Gasteiger partial charge < -0.3 is 10.6 Å². The highest BCUT2D eigenvalue weighted by Crippen LogP contribution is 2.23. The van der Waals surface area contributed by atoms with Crippen LogP contribution in [-0.4, -0.2) is 29.9 Å². The second-order valence-electron chi connectivity index (χ2n) is 4.96. The monoisotopic (exact) mass is 250 g/mol. The molecule has 0 bridgehead atoms. The van der Waals surface area contributed by atoms with Crippen molar-refractivity contribution in [2.24, 2.45) is 11.7 Å². The minimum absolute atomic E-state index is 0.0420. The van der Waals surface area contributed by atoms with Gasteiger partial charge in [-0.3, -0.25) is 4.79 Å². The second-order valence-corrected chi connectivity index (χ2v) is 4.96. The first-order valence-corrected chi connectivity index (χ1v) is 6.36. The molecule has 1 aliphatic rings. The van der Waals surface area contributed by atoms with Gasteiger partial charge in [0.2, 0.25) is 5.91 Å². The number of hydrogen-bond donors (Lipinski definition) is 1. The number of nitrogens with two attached hydrogens (primary N) is 1. The van der Waals surface area contributed by atoms with Crippen molar-refractivity contribution in [3.05, 3.63) is 35.6 Å². The summed E-state index contributed by atoms with van der Waals surface area (Å²) in [4.78, 5) is 14.0. The smallest absolute Gasteiger partial charge is 0.227 e. The van der Waals surface area contributed by atoms with Crippen molar-refractivity contribution in [3.63, 3.8) is 0 Å². The highest BCUT2D eigenvalue weighted by Gasteiger charge is 2.32. The number of hydrogen-bond acceptors (Lipinski definition) is 2. The van der Waals surface area contributed by atoms with E-state index >= 15 is 0 Å². The molecule has 0 saturated carbocycles. The van der Waals surface area contributed by atoms with Crippen molar-refractivity contribution >= 4 is 5.91 Å². The molecule has 2 unspecified atom stereocenters. The van der Waals surface area contributed by atoms with Gasteiger partial charge in [0.1, 0.15) is 5.82 Å². The fraction of sp³-hybridized carbons (Fsp3) is 0.500. The van der Waals surface area contributed by atoms with Gasteiger partial charge in [0, 0.05) is 19.1 Å². The summed E-state index contributed by atoms with van der Waals surface area (Å²) in [5.41, 5.74) is 6.43. The second kappa shape index (κ2) is 5.48. The number of halogens is 1. The molecule has 3 nitrogen and oxygen atoms in total. The van der Waals surface area contributed by atoms with Gasteiger partial charge in [-0.25, -0.2) is 4.39 Å². The zero-order chi connectivity index (χ0) is 13.1. The van der Waals surface area contributed by atoms with Crippen LogP contribution in [0.5, 0.6) is 0 Å². The maximum absolute atomic E-state index is 13.1. The van der Waals surface area contributed by atoms with Crippen molar-refractivity contribution in [3.8, 4) is 0 Å². The molecule has 0 aliphatic carbocycles. The van der Waals surface area contributed by atoms with E-state index in [0.717, 1.165) is 18.5 Å². The van der Waals surface area contributed by atoms with E-state index < -0.39 is 0 Å². The van der Waals surface area contributed by atoms with Crippen LogP contribution < -0.4 is 5.73 Å². The van der Waals surface area contributed by atoms with Gasteiger partial charge in [-0.05, 0) is 30.0 Å². The number of likely N-dealkylation sites (tertiary alicyclic amines) is 1. The minimum atomic E-state index is -0.300. The average molecular weight is 250 g/mol. The van der Waals surface area contributed by atoms with Crippen LogP contribution in [0.25, 0.3) is 0 Å². The summed E-state index contributed by atoms with van der Waals surface area (Å²) in [6, 6.07) is 6.33. The Hall–Kier alpha value is -1.42. The summed E-state index contributed by atoms with van der Waals surface area (Å²) in [7, 11) is 0. The molecule has 4 heteroatoms. The lowest BCUT2D eigenvalue weighted by atomic mass is 10.0. The van der Waals surface area contributed by atoms with Crippen LogP contribution in [0.1, 0.15) is 18.9 Å². The molecule has 2 rings (SSSR count). The first-order valence-electron chi connectivity index (χ1n) is 6.36. The third-order valence-electron chi connectivity index (χ3n) is 3.69. The summed E-state index contributed by atoms with van der Waals surface area (Å²) in [5, 5.41) is 0. The van der Waals surface area contributed by atoms with E-state index in [1.807, 2.05) is 4.90 Å². The third-order valence-corrected chi connectivity index (χ3v) is 3.69. The van der Waals surface area contributed by atoms with Crippen LogP contribution in [0.2, 0.25) is 0 Å². The third kappa shape index (κ3) is 2.70. The fourth-order valence-corrected chi connectivity index (χ4v) is 2.60. The Morgan fingerprint density at radius 1 is 1.56 bits per heavy atom. The molecule has 98 valence electrons. The Morgan fingerprint density at radius 3 is 3.00 bits per heavy atom. The van der Waals surface area contributed by atoms with E-state index in [2.05, 4.69) is 6.92 Å². The number of nitrogens with zero attached hydrogens (tertiary/aromatic N) is 1. The zero-order valence-electron chi connectivity index (χ0n) is 10.6. The van der Waals surface area contributed by atoms with Crippen LogP contribution in [-0.2, 0) is 11.2 Å². The Labute approximate surface area is 107 Å². The summed E-state index contributed by atoms with van der Waals surface area (Å²) >= 11 is 0. The predicted molar refractivity (Wildman–Crippen MR) is 68.4 cm³/mol. The molecule has 0 spiro atoms. The van der Waals surface area contributed by atoms with E-state index in [9.17, 15) is 9.18 Å². The maximum atomic E-state index is 13.1. The van der Waals surface area contributed by atoms with Crippen LogP contribution in [0.15, 0.2) is 24.3 Å². The molecule has 1 fully saturated rings. The van der Waals surface area contributed by atoms with Gasteiger partial charge in [0.05, 0.1) is 6.42 Å². The predicted octanol–water partition coefficient (Wildman–Crippen LogP) is 1.56. The molecule has 1 amide bonds. The molecule has 0 radical (unpaired) electrons. The molecule has 1 aromatic carbocycles. The highest BCUT2D eigenvalue weighted by molar-refractivity contribution is 5.79. The topological polar surface area (TPSA) is 46.3 Å². The van der Waals surface area contributed by atoms with Gasteiger partial charge in [-0.1, -0.05) is 19.1 Å². The standard InChI is InChI=1S/C14H19FN2O/c1-10-5-6-17(13(10)9-16)14(18)8-11-3-2-4-12(15)7-11/h2-4,7,10,13H,5-6,8-9,16H2,1H3. The van der Waals surface area contributed by atoms with Gasteiger partial charge >= 0.3 is 0 Å². The van der Waals surface area contributed by atoms with Crippen molar-refractivity contribution < 1.29 is 9.18 Å². The van der Waals surface area contributed by atoms with E-state index in [0.29, 0.717) is 12.5 Å². The van der Waals surface area contributed by atoms with Crippen molar-refractivity contribution in [2.45, 2.75) is 25.8 Å². The number of rotatable bonds is 3. The molecule has 18 heavy (non-hydrogen) atoms. The van der Waals surface area contributed by atoms with Crippen molar-refractivity contribution in [1.29, 1.82) is 0 Å². The fourth-order valence-electron chi connectivity index (χ4n) is 2.60. The average Bonchev–Trinajstić information content (AvgIpc) is 2.70. The molecule has 1 heterocycles. The van der Waals surface area contributed by atoms with Gasteiger partial charge in [-0.2, -0.15) is 0 Å². The quantitative estimate of drug-likeness (QED) is 0.885. The first-order chi connectivity index (χ1) is 8.61. The normalized spacial score (nSPS) is 23.4. The zero-order valence-corrected chi connectivity index (χ0v) is 10.6. The lowest BCUT2D eigenvalue weighted by Crippen LogP contribution is -2.42. The summed E-state index contributed by atoms with van der Waals surface area (Å²) in [6.45, 7) is 3.38. The number of carbonyl (C=O) groups excluding carboxylic acids is 1. The van der Waals surface area contributed by atoms with Gasteiger partial charge in [-0.15, -0.1) is 0 Å². The van der Waals surface area contributed by atoms with Crippen LogP contribution in [0, 0.1) is 11.7 Å². The Kier molecular flexibility index (Phi) is 3.97. The summed E-state index contributed by atoms with van der Waals surface area (Å²) in [5.74, 6) is 0.192. The summed E-state index contributed by atoms with van der Waals surface area (Å²) in [6.07, 6.45) is 1.25. The molecular formula is C14H19FN2O.